The fraction of sp³-hybridized carbons (Fsp3) is 0.429. The summed E-state index contributed by atoms with van der Waals surface area (Å²) in [6, 6.07) is 3.52. The van der Waals surface area contributed by atoms with Crippen molar-refractivity contribution >= 4 is 0 Å². The third-order valence-electron chi connectivity index (χ3n) is 4.57. The number of rotatable bonds is 4. The van der Waals surface area contributed by atoms with E-state index in [1.807, 2.05) is 13.8 Å². The fourth-order valence-electron chi connectivity index (χ4n) is 3.28. The van der Waals surface area contributed by atoms with E-state index in [1.165, 1.54) is 0 Å². The van der Waals surface area contributed by atoms with E-state index in [4.69, 9.17) is 0 Å². The normalized spacial score (nSPS) is 15.0. The smallest absolute Gasteiger partial charge is 0.429 e. The van der Waals surface area contributed by atoms with Gasteiger partial charge in [-0.15, -0.1) is 0 Å². The van der Waals surface area contributed by atoms with Crippen molar-refractivity contribution < 1.29 is 31.1 Å². The molecule has 0 N–H and O–H groups in total. The summed E-state index contributed by atoms with van der Waals surface area (Å²) >= 11 is 0. The topological polar surface area (TPSA) is 9.23 Å². The summed E-state index contributed by atoms with van der Waals surface area (Å²) in [6.07, 6.45) is -0.000707. The summed E-state index contributed by atoms with van der Waals surface area (Å²) in [4.78, 5) is 0. The van der Waals surface area contributed by atoms with Crippen LogP contribution in [0, 0.1) is 23.3 Å². The number of hydrogen-bond donors (Lipinski definition) is 0. The highest BCUT2D eigenvalue weighted by atomic mass is 19.3. The zero-order valence-corrected chi connectivity index (χ0v) is 15.7. The molecule has 154 valence electrons. The van der Waals surface area contributed by atoms with Gasteiger partial charge in [0.1, 0.15) is 22.9 Å². The average Bonchev–Trinajstić information content (AvgIpc) is 2.66. The van der Waals surface area contributed by atoms with Crippen LogP contribution in [-0.4, -0.2) is 0 Å². The molecule has 0 aliphatic heterocycles. The maximum atomic E-state index is 14.3. The Morgan fingerprint density at radius 1 is 0.786 bits per heavy atom. The summed E-state index contributed by atoms with van der Waals surface area (Å²) in [5.74, 6) is -6.34. The minimum Gasteiger partial charge on any atom is -0.429 e. The minimum absolute atomic E-state index is 0.0671. The first-order valence-electron chi connectivity index (χ1n) is 9.29. The fourth-order valence-corrected chi connectivity index (χ4v) is 3.28. The summed E-state index contributed by atoms with van der Waals surface area (Å²) in [5, 5.41) is 0. The van der Waals surface area contributed by atoms with Gasteiger partial charge >= 0.3 is 6.11 Å². The molecule has 0 saturated heterocycles. The number of halogens is 6. The van der Waals surface area contributed by atoms with Crippen LogP contribution in [0.3, 0.4) is 0 Å². The molecular weight excluding hydrogens is 382 g/mol. The highest BCUT2D eigenvalue weighted by Gasteiger charge is 2.41. The lowest BCUT2D eigenvalue weighted by atomic mass is 9.83. The van der Waals surface area contributed by atoms with E-state index in [2.05, 4.69) is 4.74 Å². The largest absolute Gasteiger partial charge is 0.432 e. The molecule has 1 aliphatic rings. The van der Waals surface area contributed by atoms with Gasteiger partial charge in [0.05, 0.1) is 0 Å². The lowest BCUT2D eigenvalue weighted by Gasteiger charge is -2.24. The molecule has 3 rings (SSSR count). The van der Waals surface area contributed by atoms with Crippen molar-refractivity contribution in [2.24, 2.45) is 0 Å². The second kappa shape index (κ2) is 9.34. The average molecular weight is 404 g/mol. The predicted octanol–water partition coefficient (Wildman–Crippen LogP) is 7.45. The van der Waals surface area contributed by atoms with Gasteiger partial charge in [-0.2, -0.15) is 8.78 Å². The number of hydrogen-bond acceptors (Lipinski definition) is 1. The van der Waals surface area contributed by atoms with E-state index in [0.717, 1.165) is 50.3 Å². The number of alkyl halides is 2. The van der Waals surface area contributed by atoms with Gasteiger partial charge in [-0.05, 0) is 48.6 Å². The Hall–Kier alpha value is -2.18. The highest BCUT2D eigenvalue weighted by molar-refractivity contribution is 5.32. The Labute approximate surface area is 160 Å². The van der Waals surface area contributed by atoms with E-state index in [1.54, 1.807) is 0 Å². The van der Waals surface area contributed by atoms with Crippen molar-refractivity contribution in [2.75, 3.05) is 0 Å². The van der Waals surface area contributed by atoms with Crippen molar-refractivity contribution in [2.45, 2.75) is 58.0 Å². The third kappa shape index (κ3) is 5.00. The Morgan fingerprint density at radius 2 is 1.36 bits per heavy atom. The molecule has 2 aromatic carbocycles. The molecule has 0 aromatic heterocycles. The second-order valence-electron chi connectivity index (χ2n) is 6.39. The lowest BCUT2D eigenvalue weighted by molar-refractivity contribution is -0.189. The zero-order valence-electron chi connectivity index (χ0n) is 15.7. The van der Waals surface area contributed by atoms with Gasteiger partial charge in [-0.1, -0.05) is 33.1 Å². The van der Waals surface area contributed by atoms with Gasteiger partial charge in [0.15, 0.2) is 11.6 Å². The van der Waals surface area contributed by atoms with E-state index in [9.17, 15) is 26.3 Å². The Balaban J connectivity index is 0.00000136. The van der Waals surface area contributed by atoms with Crippen LogP contribution in [0.2, 0.25) is 0 Å². The Kier molecular flexibility index (Phi) is 7.38. The summed E-state index contributed by atoms with van der Waals surface area (Å²) in [7, 11) is 0. The lowest BCUT2D eigenvalue weighted by Crippen LogP contribution is -2.25. The van der Waals surface area contributed by atoms with E-state index in [-0.39, 0.29) is 5.92 Å². The molecule has 0 radical (unpaired) electrons. The molecule has 0 amide bonds. The number of benzene rings is 2. The van der Waals surface area contributed by atoms with Crippen LogP contribution in [0.1, 0.15) is 63.0 Å². The molecule has 0 unspecified atom stereocenters. The van der Waals surface area contributed by atoms with E-state index < -0.39 is 40.7 Å². The van der Waals surface area contributed by atoms with Crippen molar-refractivity contribution in [1.82, 2.24) is 0 Å². The van der Waals surface area contributed by atoms with Gasteiger partial charge in [-0.25, -0.2) is 17.6 Å². The molecule has 1 saturated carbocycles. The van der Waals surface area contributed by atoms with Crippen LogP contribution < -0.4 is 4.74 Å². The first kappa shape index (κ1) is 22.1. The van der Waals surface area contributed by atoms with Crippen molar-refractivity contribution in [1.29, 1.82) is 0 Å². The molecule has 1 aliphatic carbocycles. The van der Waals surface area contributed by atoms with Crippen molar-refractivity contribution in [3.05, 3.63) is 64.7 Å². The molecule has 2 aromatic rings. The summed E-state index contributed by atoms with van der Waals surface area (Å²) in [5.41, 5.74) is -1.21. The monoisotopic (exact) mass is 404 g/mol. The molecule has 0 heterocycles. The third-order valence-corrected chi connectivity index (χ3v) is 4.57. The molecule has 1 nitrogen and oxygen atoms in total. The first-order valence-corrected chi connectivity index (χ1v) is 9.29. The van der Waals surface area contributed by atoms with Crippen LogP contribution >= 0.6 is 0 Å². The van der Waals surface area contributed by atoms with Crippen LogP contribution in [0.15, 0.2) is 30.3 Å². The van der Waals surface area contributed by atoms with Gasteiger partial charge in [0, 0.05) is 6.07 Å². The van der Waals surface area contributed by atoms with Gasteiger partial charge < -0.3 is 4.74 Å². The van der Waals surface area contributed by atoms with Gasteiger partial charge in [0.2, 0.25) is 0 Å². The molecular formula is C21H22F6O. The summed E-state index contributed by atoms with van der Waals surface area (Å²) in [6.45, 7) is 4.00. The van der Waals surface area contributed by atoms with E-state index in [0.29, 0.717) is 17.7 Å². The van der Waals surface area contributed by atoms with Crippen LogP contribution in [0.5, 0.6) is 5.75 Å². The maximum absolute atomic E-state index is 14.3. The Bertz CT molecular complexity index is 776. The minimum atomic E-state index is -4.39. The second-order valence-corrected chi connectivity index (χ2v) is 6.39. The summed E-state index contributed by atoms with van der Waals surface area (Å²) < 4.78 is 87.3. The first-order chi connectivity index (χ1) is 13.3. The van der Waals surface area contributed by atoms with Crippen LogP contribution in [-0.2, 0) is 6.11 Å². The molecule has 28 heavy (non-hydrogen) atoms. The maximum Gasteiger partial charge on any atom is 0.432 e. The van der Waals surface area contributed by atoms with Crippen molar-refractivity contribution in [3.63, 3.8) is 0 Å². The number of ether oxygens (including phenoxy) is 1. The van der Waals surface area contributed by atoms with Gasteiger partial charge in [-0.3, -0.25) is 0 Å². The molecule has 0 atom stereocenters. The zero-order chi connectivity index (χ0) is 20.9. The SMILES string of the molecule is CC.Fc1ccc(OC(F)(F)c2c(F)cc(C3CCCCC3)cc2F)cc1F. The molecule has 0 spiro atoms. The molecule has 1 fully saturated rings. The highest BCUT2D eigenvalue weighted by Crippen LogP contribution is 2.39. The quantitative estimate of drug-likeness (QED) is 0.481. The molecule has 7 heteroatoms. The standard InChI is InChI=1S/C19H16F6O.C2H6/c20-14-7-6-13(10-15(14)21)26-19(24,25)18-16(22)8-12(9-17(18)23)11-4-2-1-3-5-11;1-2/h6-11H,1-5H2;1-2H3. The van der Waals surface area contributed by atoms with Crippen LogP contribution in [0.4, 0.5) is 26.3 Å². The van der Waals surface area contributed by atoms with Gasteiger partial charge in [0.25, 0.3) is 0 Å². The molecule has 0 bridgehead atoms. The van der Waals surface area contributed by atoms with E-state index >= 15 is 0 Å². The Morgan fingerprint density at radius 3 is 1.89 bits per heavy atom. The predicted molar refractivity (Wildman–Crippen MR) is 94.4 cm³/mol. The van der Waals surface area contributed by atoms with Crippen LogP contribution in [0.25, 0.3) is 0 Å². The van der Waals surface area contributed by atoms with Crippen molar-refractivity contribution in [3.8, 4) is 5.75 Å².